The average molecular weight is 309 g/mol. The van der Waals surface area contributed by atoms with Gasteiger partial charge in [0.15, 0.2) is 10.9 Å². The lowest BCUT2D eigenvalue weighted by Crippen LogP contribution is -2.33. The number of nitrogens with zero attached hydrogens (tertiary/aromatic N) is 1. The van der Waals surface area contributed by atoms with Crippen LogP contribution in [0.3, 0.4) is 0 Å². The predicted molar refractivity (Wildman–Crippen MR) is 80.1 cm³/mol. The van der Waals surface area contributed by atoms with E-state index in [0.29, 0.717) is 17.2 Å². The summed E-state index contributed by atoms with van der Waals surface area (Å²) in [7, 11) is 0. The van der Waals surface area contributed by atoms with Gasteiger partial charge in [0.2, 0.25) is 11.8 Å². The Morgan fingerprint density at radius 2 is 1.95 bits per heavy atom. The van der Waals surface area contributed by atoms with Crippen LogP contribution in [0.4, 0.5) is 5.13 Å². The number of carbonyl (C=O) groups excluding carboxylic acids is 3. The second-order valence-electron chi connectivity index (χ2n) is 5.43. The fourth-order valence-corrected chi connectivity index (χ4v) is 3.53. The van der Waals surface area contributed by atoms with Crippen molar-refractivity contribution < 1.29 is 14.4 Å². The van der Waals surface area contributed by atoms with Crippen molar-refractivity contribution in [3.8, 4) is 0 Å². The highest BCUT2D eigenvalue weighted by atomic mass is 32.1. The van der Waals surface area contributed by atoms with E-state index in [9.17, 15) is 14.4 Å². The molecule has 7 heteroatoms. The predicted octanol–water partition coefficient (Wildman–Crippen LogP) is 1.88. The molecule has 0 aliphatic heterocycles. The summed E-state index contributed by atoms with van der Waals surface area (Å²) in [5.74, 6) is -1.04. The van der Waals surface area contributed by atoms with Crippen LogP contribution >= 0.6 is 11.3 Å². The maximum absolute atomic E-state index is 12.2. The topological polar surface area (TPSA) is 102 Å². The molecular weight excluding hydrogens is 290 g/mol. The Bertz CT molecular complexity index is 582. The number of nitrogens with one attached hydrogen (secondary N) is 1. The van der Waals surface area contributed by atoms with Crippen molar-refractivity contribution in [2.24, 2.45) is 17.6 Å². The minimum Gasteiger partial charge on any atom is -0.369 e. The second kappa shape index (κ2) is 6.34. The third kappa shape index (κ3) is 3.66. The van der Waals surface area contributed by atoms with Gasteiger partial charge in [-0.05, 0) is 26.2 Å². The van der Waals surface area contributed by atoms with Crippen LogP contribution in [0.2, 0.25) is 0 Å². The number of anilines is 1. The minimum atomic E-state index is -0.337. The average Bonchev–Trinajstić information content (AvgIpc) is 2.79. The first-order valence-electron chi connectivity index (χ1n) is 6.97. The lowest BCUT2D eigenvalue weighted by atomic mass is 9.80. The molecule has 1 aromatic heterocycles. The molecule has 0 bridgehead atoms. The van der Waals surface area contributed by atoms with Gasteiger partial charge in [-0.3, -0.25) is 14.4 Å². The third-order valence-corrected chi connectivity index (χ3v) is 4.69. The molecule has 2 rings (SSSR count). The summed E-state index contributed by atoms with van der Waals surface area (Å²) in [5.41, 5.74) is 5.72. The molecule has 1 aliphatic carbocycles. The van der Waals surface area contributed by atoms with Gasteiger partial charge in [0, 0.05) is 23.6 Å². The summed E-state index contributed by atoms with van der Waals surface area (Å²) in [6, 6.07) is 0. The van der Waals surface area contributed by atoms with Crippen LogP contribution in [0.5, 0.6) is 0 Å². The number of rotatable bonds is 4. The van der Waals surface area contributed by atoms with E-state index in [0.717, 1.165) is 24.1 Å². The molecule has 2 amide bonds. The largest absolute Gasteiger partial charge is 0.369 e. The van der Waals surface area contributed by atoms with Crippen LogP contribution in [-0.2, 0) is 9.59 Å². The molecule has 1 aromatic rings. The summed E-state index contributed by atoms with van der Waals surface area (Å²) < 4.78 is 0. The number of thiazole rings is 1. The SMILES string of the molecule is CC(=O)c1nc(NC(=O)C2CCCC(C(N)=O)C2)sc1C. The zero-order valence-electron chi connectivity index (χ0n) is 12.1. The molecule has 21 heavy (non-hydrogen) atoms. The van der Waals surface area contributed by atoms with E-state index in [1.807, 2.05) is 0 Å². The summed E-state index contributed by atoms with van der Waals surface area (Å²) in [6.07, 6.45) is 2.82. The summed E-state index contributed by atoms with van der Waals surface area (Å²) in [5, 5.41) is 3.19. The van der Waals surface area contributed by atoms with Gasteiger partial charge in [0.1, 0.15) is 5.69 Å². The summed E-state index contributed by atoms with van der Waals surface area (Å²) >= 11 is 1.29. The normalized spacial score (nSPS) is 21.8. The Morgan fingerprint density at radius 1 is 1.29 bits per heavy atom. The van der Waals surface area contributed by atoms with E-state index in [1.165, 1.54) is 18.3 Å². The maximum atomic E-state index is 12.2. The van der Waals surface area contributed by atoms with Gasteiger partial charge in [0.25, 0.3) is 0 Å². The van der Waals surface area contributed by atoms with Crippen molar-refractivity contribution in [3.63, 3.8) is 0 Å². The Morgan fingerprint density at radius 3 is 2.52 bits per heavy atom. The summed E-state index contributed by atoms with van der Waals surface area (Å²) in [4.78, 5) is 39.8. The molecule has 0 saturated heterocycles. The minimum absolute atomic E-state index is 0.115. The van der Waals surface area contributed by atoms with Crippen LogP contribution in [0.25, 0.3) is 0 Å². The maximum Gasteiger partial charge on any atom is 0.229 e. The first-order chi connectivity index (χ1) is 9.88. The molecule has 2 unspecified atom stereocenters. The number of carbonyl (C=O) groups is 3. The van der Waals surface area contributed by atoms with Gasteiger partial charge < -0.3 is 11.1 Å². The molecule has 0 aromatic carbocycles. The number of primary amides is 1. The van der Waals surface area contributed by atoms with Crippen LogP contribution in [0.1, 0.15) is 48.0 Å². The molecule has 114 valence electrons. The Kier molecular flexibility index (Phi) is 4.72. The second-order valence-corrected chi connectivity index (χ2v) is 6.64. The molecule has 0 radical (unpaired) electrons. The van der Waals surface area contributed by atoms with Gasteiger partial charge in [-0.1, -0.05) is 6.42 Å². The van der Waals surface area contributed by atoms with Crippen molar-refractivity contribution in [3.05, 3.63) is 10.6 Å². The number of Topliss-reactive ketones (excluding diaryl/α,β-unsaturated/α-hetero) is 1. The monoisotopic (exact) mass is 309 g/mol. The van der Waals surface area contributed by atoms with Crippen LogP contribution in [0.15, 0.2) is 0 Å². The van der Waals surface area contributed by atoms with Crippen molar-refractivity contribution in [1.29, 1.82) is 0 Å². The standard InChI is InChI=1S/C14H19N3O3S/c1-7(18)11-8(2)21-14(16-11)17-13(20)10-5-3-4-9(6-10)12(15)19/h9-10H,3-6H2,1-2H3,(H2,15,19)(H,16,17,20). The van der Waals surface area contributed by atoms with Gasteiger partial charge >= 0.3 is 0 Å². The first-order valence-corrected chi connectivity index (χ1v) is 7.78. The highest BCUT2D eigenvalue weighted by Crippen LogP contribution is 2.30. The molecule has 3 N–H and O–H groups in total. The molecule has 1 heterocycles. The van der Waals surface area contributed by atoms with E-state index >= 15 is 0 Å². The van der Waals surface area contributed by atoms with Crippen molar-refractivity contribution in [2.75, 3.05) is 5.32 Å². The summed E-state index contributed by atoms with van der Waals surface area (Å²) in [6.45, 7) is 3.25. The van der Waals surface area contributed by atoms with Gasteiger partial charge in [-0.2, -0.15) is 0 Å². The molecular formula is C14H19N3O3S. The third-order valence-electron chi connectivity index (χ3n) is 3.81. The number of hydrogen-bond donors (Lipinski definition) is 2. The van der Waals surface area contributed by atoms with Crippen molar-refractivity contribution in [1.82, 2.24) is 4.98 Å². The highest BCUT2D eigenvalue weighted by molar-refractivity contribution is 7.16. The van der Waals surface area contributed by atoms with Crippen molar-refractivity contribution >= 4 is 34.1 Å². The Hall–Kier alpha value is -1.76. The molecule has 0 spiro atoms. The molecule has 2 atom stereocenters. The zero-order chi connectivity index (χ0) is 15.6. The Labute approximate surface area is 127 Å². The zero-order valence-corrected chi connectivity index (χ0v) is 13.0. The number of aryl methyl sites for hydroxylation is 1. The van der Waals surface area contributed by atoms with Gasteiger partial charge in [-0.15, -0.1) is 11.3 Å². The molecule has 1 aliphatic rings. The Balaban J connectivity index is 2.02. The number of hydrogen-bond acceptors (Lipinski definition) is 5. The number of amides is 2. The van der Waals surface area contributed by atoms with E-state index in [2.05, 4.69) is 10.3 Å². The lowest BCUT2D eigenvalue weighted by Gasteiger charge is -2.25. The van der Waals surface area contributed by atoms with Gasteiger partial charge in [-0.25, -0.2) is 4.98 Å². The van der Waals surface area contributed by atoms with Crippen LogP contribution in [0, 0.1) is 18.8 Å². The molecule has 1 saturated carbocycles. The van der Waals surface area contributed by atoms with Crippen LogP contribution < -0.4 is 11.1 Å². The van der Waals surface area contributed by atoms with E-state index in [-0.39, 0.29) is 29.4 Å². The lowest BCUT2D eigenvalue weighted by molar-refractivity contribution is -0.125. The quantitative estimate of drug-likeness (QED) is 0.829. The van der Waals surface area contributed by atoms with E-state index < -0.39 is 0 Å². The van der Waals surface area contributed by atoms with E-state index in [1.54, 1.807) is 6.92 Å². The van der Waals surface area contributed by atoms with E-state index in [4.69, 9.17) is 5.73 Å². The van der Waals surface area contributed by atoms with Gasteiger partial charge in [0.05, 0.1) is 0 Å². The van der Waals surface area contributed by atoms with Crippen LogP contribution in [-0.4, -0.2) is 22.6 Å². The highest BCUT2D eigenvalue weighted by Gasteiger charge is 2.30. The number of ketones is 1. The number of nitrogens with two attached hydrogens (primary N) is 1. The smallest absolute Gasteiger partial charge is 0.229 e. The number of aromatic nitrogens is 1. The first kappa shape index (κ1) is 15.6. The molecule has 1 fully saturated rings. The fourth-order valence-electron chi connectivity index (χ4n) is 2.67. The fraction of sp³-hybridized carbons (Fsp3) is 0.571. The molecule has 6 nitrogen and oxygen atoms in total. The van der Waals surface area contributed by atoms with Crippen molar-refractivity contribution in [2.45, 2.75) is 39.5 Å².